The van der Waals surface area contributed by atoms with Crippen LogP contribution < -0.4 is 4.90 Å². The molecule has 1 N–H and O–H groups in total. The van der Waals surface area contributed by atoms with E-state index in [1.807, 2.05) is 19.1 Å². The van der Waals surface area contributed by atoms with Gasteiger partial charge >= 0.3 is 5.97 Å². The summed E-state index contributed by atoms with van der Waals surface area (Å²) in [6.07, 6.45) is 1.47. The van der Waals surface area contributed by atoms with E-state index < -0.39 is 5.97 Å². The van der Waals surface area contributed by atoms with Gasteiger partial charge in [0.15, 0.2) is 0 Å². The van der Waals surface area contributed by atoms with Crippen LogP contribution in [0.3, 0.4) is 0 Å². The Morgan fingerprint density at radius 1 is 1.41 bits per heavy atom. The van der Waals surface area contributed by atoms with Crippen molar-refractivity contribution in [2.75, 3.05) is 24.5 Å². The topological polar surface area (TPSA) is 60.9 Å². The number of carboxylic acid groups (broad SMARTS) is 1. The lowest BCUT2D eigenvalue weighted by Crippen LogP contribution is -2.44. The Morgan fingerprint density at radius 2 is 2.05 bits per heavy atom. The van der Waals surface area contributed by atoms with Gasteiger partial charge in [-0.15, -0.1) is 12.4 Å². The van der Waals surface area contributed by atoms with Crippen molar-refractivity contribution in [2.45, 2.75) is 25.8 Å². The number of carboxylic acids is 1. The number of aliphatic carboxylic acids is 1. The second-order valence-corrected chi connectivity index (χ2v) is 5.57. The van der Waals surface area contributed by atoms with Crippen molar-refractivity contribution in [2.24, 2.45) is 0 Å². The zero-order chi connectivity index (χ0) is 15.4. The van der Waals surface area contributed by atoms with Gasteiger partial charge < -0.3 is 10.0 Å². The summed E-state index contributed by atoms with van der Waals surface area (Å²) in [5, 5.41) is 9.61. The number of nitrogens with zero attached hydrogens (tertiary/aromatic N) is 2. The van der Waals surface area contributed by atoms with Crippen molar-refractivity contribution in [3.63, 3.8) is 0 Å². The maximum atomic E-state index is 12.5. The average molecular weight is 347 g/mol. The minimum Gasteiger partial charge on any atom is -0.480 e. The molecule has 1 aliphatic rings. The Balaban J connectivity index is 0.00000242. The van der Waals surface area contributed by atoms with E-state index in [9.17, 15) is 9.59 Å². The van der Waals surface area contributed by atoms with Gasteiger partial charge in [-0.1, -0.05) is 18.5 Å². The quantitative estimate of drug-likeness (QED) is 0.860. The van der Waals surface area contributed by atoms with Crippen LogP contribution in [-0.2, 0) is 9.59 Å². The lowest BCUT2D eigenvalue weighted by Gasteiger charge is -2.25. The minimum atomic E-state index is -0.902. The molecule has 1 aliphatic heterocycles. The third-order valence-electron chi connectivity index (χ3n) is 3.61. The zero-order valence-electron chi connectivity index (χ0n) is 12.4. The number of carbonyl (C=O) groups excluding carboxylic acids is 1. The molecule has 1 amide bonds. The number of amides is 1. The number of hydrogen-bond acceptors (Lipinski definition) is 3. The van der Waals surface area contributed by atoms with Crippen LogP contribution in [0.15, 0.2) is 24.3 Å². The highest BCUT2D eigenvalue weighted by Crippen LogP contribution is 2.25. The Bertz CT molecular complexity index is 522. The highest BCUT2D eigenvalue weighted by atomic mass is 35.5. The van der Waals surface area contributed by atoms with E-state index in [1.54, 1.807) is 21.9 Å². The minimum absolute atomic E-state index is 0. The van der Waals surface area contributed by atoms with Crippen LogP contribution in [0.4, 0.5) is 5.69 Å². The molecule has 7 heteroatoms. The average Bonchev–Trinajstić information content (AvgIpc) is 2.81. The standard InChI is InChI=1S/C15H19ClN2O3.ClH/c1-2-8-17(10-14(19)20)13-7-9-18(15(13)21)12-5-3-11(16)4-6-12;/h3-6,13H,2,7-10H2,1H3,(H,19,20);1H. The van der Waals surface area contributed by atoms with E-state index >= 15 is 0 Å². The summed E-state index contributed by atoms with van der Waals surface area (Å²) in [5.41, 5.74) is 0.804. The summed E-state index contributed by atoms with van der Waals surface area (Å²) in [5.74, 6) is -0.937. The van der Waals surface area contributed by atoms with Crippen molar-refractivity contribution in [3.8, 4) is 0 Å². The lowest BCUT2D eigenvalue weighted by molar-refractivity contribution is -0.139. The van der Waals surface area contributed by atoms with Gasteiger partial charge in [0.25, 0.3) is 0 Å². The number of carbonyl (C=O) groups is 2. The molecule has 1 heterocycles. The van der Waals surface area contributed by atoms with E-state index in [4.69, 9.17) is 16.7 Å². The van der Waals surface area contributed by atoms with Gasteiger partial charge in [0.2, 0.25) is 5.91 Å². The molecule has 0 bridgehead atoms. The van der Waals surface area contributed by atoms with Gasteiger partial charge in [0.05, 0.1) is 12.6 Å². The maximum Gasteiger partial charge on any atom is 0.317 e. The molecule has 2 rings (SSSR count). The molecule has 5 nitrogen and oxygen atoms in total. The summed E-state index contributed by atoms with van der Waals surface area (Å²) >= 11 is 5.86. The molecule has 0 saturated carbocycles. The van der Waals surface area contributed by atoms with Crippen molar-refractivity contribution >= 4 is 41.6 Å². The van der Waals surface area contributed by atoms with Gasteiger partial charge in [-0.2, -0.15) is 0 Å². The van der Waals surface area contributed by atoms with Crippen LogP contribution in [0.5, 0.6) is 0 Å². The van der Waals surface area contributed by atoms with Crippen LogP contribution >= 0.6 is 24.0 Å². The molecule has 0 aromatic heterocycles. The monoisotopic (exact) mass is 346 g/mol. The Labute approximate surface area is 141 Å². The van der Waals surface area contributed by atoms with E-state index in [2.05, 4.69) is 0 Å². The maximum absolute atomic E-state index is 12.5. The number of benzene rings is 1. The second kappa shape index (κ2) is 8.36. The zero-order valence-corrected chi connectivity index (χ0v) is 13.9. The van der Waals surface area contributed by atoms with Crippen LogP contribution in [0.1, 0.15) is 19.8 Å². The normalized spacial score (nSPS) is 17.7. The first-order chi connectivity index (χ1) is 10.0. The molecule has 122 valence electrons. The summed E-state index contributed by atoms with van der Waals surface area (Å²) in [7, 11) is 0. The molecule has 1 fully saturated rings. The van der Waals surface area contributed by atoms with E-state index in [1.165, 1.54) is 0 Å². The molecule has 22 heavy (non-hydrogen) atoms. The van der Waals surface area contributed by atoms with E-state index in [0.29, 0.717) is 24.5 Å². The molecule has 1 atom stereocenters. The van der Waals surface area contributed by atoms with Gasteiger partial charge in [-0.3, -0.25) is 14.5 Å². The predicted octanol–water partition coefficient (Wildman–Crippen LogP) is 2.66. The molecule has 0 aliphatic carbocycles. The number of anilines is 1. The first-order valence-corrected chi connectivity index (χ1v) is 7.43. The summed E-state index contributed by atoms with van der Waals surface area (Å²) < 4.78 is 0. The van der Waals surface area contributed by atoms with E-state index in [0.717, 1.165) is 12.1 Å². The fourth-order valence-corrected chi connectivity index (χ4v) is 2.81. The fraction of sp³-hybridized carbons (Fsp3) is 0.467. The Hall–Kier alpha value is -1.30. The Kier molecular flexibility index (Phi) is 7.13. The molecule has 1 saturated heterocycles. The second-order valence-electron chi connectivity index (χ2n) is 5.13. The smallest absolute Gasteiger partial charge is 0.317 e. The summed E-state index contributed by atoms with van der Waals surface area (Å²) in [6, 6.07) is 6.77. The van der Waals surface area contributed by atoms with Gasteiger partial charge in [-0.05, 0) is 43.7 Å². The largest absolute Gasteiger partial charge is 0.480 e. The van der Waals surface area contributed by atoms with Crippen molar-refractivity contribution in [1.29, 1.82) is 0 Å². The number of hydrogen-bond donors (Lipinski definition) is 1. The molecular formula is C15H20Cl2N2O3. The first kappa shape index (κ1) is 18.7. The van der Waals surface area contributed by atoms with Crippen molar-refractivity contribution in [1.82, 2.24) is 4.90 Å². The van der Waals surface area contributed by atoms with Crippen molar-refractivity contribution < 1.29 is 14.7 Å². The predicted molar refractivity (Wildman–Crippen MR) is 89.0 cm³/mol. The SMILES string of the molecule is CCCN(CC(=O)O)C1CCN(c2ccc(Cl)cc2)C1=O.Cl. The van der Waals surface area contributed by atoms with Crippen molar-refractivity contribution in [3.05, 3.63) is 29.3 Å². The van der Waals surface area contributed by atoms with Crippen LogP contribution in [0.25, 0.3) is 0 Å². The molecule has 1 unspecified atom stereocenters. The molecule has 0 radical (unpaired) electrons. The van der Waals surface area contributed by atoms with Crippen LogP contribution in [0, 0.1) is 0 Å². The Morgan fingerprint density at radius 3 is 2.59 bits per heavy atom. The van der Waals surface area contributed by atoms with Gasteiger partial charge in [0.1, 0.15) is 0 Å². The first-order valence-electron chi connectivity index (χ1n) is 7.05. The summed E-state index contributed by atoms with van der Waals surface area (Å²) in [4.78, 5) is 27.0. The highest BCUT2D eigenvalue weighted by molar-refractivity contribution is 6.30. The lowest BCUT2D eigenvalue weighted by atomic mass is 10.2. The fourth-order valence-electron chi connectivity index (χ4n) is 2.69. The molecule has 1 aromatic carbocycles. The molecule has 1 aromatic rings. The number of rotatable bonds is 6. The van der Waals surface area contributed by atoms with Gasteiger partial charge in [-0.25, -0.2) is 0 Å². The molecular weight excluding hydrogens is 327 g/mol. The highest BCUT2D eigenvalue weighted by Gasteiger charge is 2.36. The third kappa shape index (κ3) is 4.35. The number of halogens is 2. The van der Waals surface area contributed by atoms with E-state index in [-0.39, 0.29) is 30.9 Å². The van der Waals surface area contributed by atoms with Gasteiger partial charge in [0, 0.05) is 17.3 Å². The van der Waals surface area contributed by atoms with Crippen LogP contribution in [0.2, 0.25) is 5.02 Å². The third-order valence-corrected chi connectivity index (χ3v) is 3.86. The summed E-state index contributed by atoms with van der Waals surface area (Å²) in [6.45, 7) is 3.09. The molecule has 0 spiro atoms. The van der Waals surface area contributed by atoms with Crippen LogP contribution in [-0.4, -0.2) is 47.6 Å².